The van der Waals surface area contributed by atoms with Gasteiger partial charge >= 0.3 is 0 Å². The van der Waals surface area contributed by atoms with Crippen LogP contribution in [0.5, 0.6) is 0 Å². The highest BCUT2D eigenvalue weighted by atomic mass is 16.2. The van der Waals surface area contributed by atoms with Crippen LogP contribution in [0.2, 0.25) is 0 Å². The van der Waals surface area contributed by atoms with E-state index in [9.17, 15) is 14.4 Å². The summed E-state index contributed by atoms with van der Waals surface area (Å²) in [4.78, 5) is 39.4. The molecule has 24 heavy (non-hydrogen) atoms. The second kappa shape index (κ2) is 7.95. The first-order chi connectivity index (χ1) is 11.4. The Labute approximate surface area is 142 Å². The number of aryl methyl sites for hydroxylation is 2. The summed E-state index contributed by atoms with van der Waals surface area (Å²) in [5.41, 5.74) is 2.60. The standard InChI is InChI=1S/C18H25N3O3/c1-13-9-14(2)11-16(10-13)18(24)19-12-17(23)21-6-4-5-20(7-8-21)15(3)22/h9-11H,4-8,12H2,1-3H3,(H,19,24). The quantitative estimate of drug-likeness (QED) is 0.902. The number of carbonyl (C=O) groups is 3. The molecule has 130 valence electrons. The van der Waals surface area contributed by atoms with Gasteiger partial charge in [0, 0.05) is 38.7 Å². The maximum absolute atomic E-state index is 12.3. The monoisotopic (exact) mass is 331 g/mol. The average Bonchev–Trinajstić information content (AvgIpc) is 2.77. The predicted molar refractivity (Wildman–Crippen MR) is 91.7 cm³/mol. The molecule has 1 heterocycles. The molecule has 1 aliphatic rings. The molecule has 0 aliphatic carbocycles. The van der Waals surface area contributed by atoms with Crippen molar-refractivity contribution in [3.05, 3.63) is 34.9 Å². The van der Waals surface area contributed by atoms with Crippen molar-refractivity contribution >= 4 is 17.7 Å². The van der Waals surface area contributed by atoms with E-state index in [2.05, 4.69) is 5.32 Å². The van der Waals surface area contributed by atoms with Gasteiger partial charge in [-0.15, -0.1) is 0 Å². The van der Waals surface area contributed by atoms with Crippen molar-refractivity contribution < 1.29 is 14.4 Å². The fourth-order valence-electron chi connectivity index (χ4n) is 2.96. The highest BCUT2D eigenvalue weighted by Crippen LogP contribution is 2.09. The number of hydrogen-bond donors (Lipinski definition) is 1. The Morgan fingerprint density at radius 1 is 0.958 bits per heavy atom. The van der Waals surface area contributed by atoms with Crippen LogP contribution in [0.3, 0.4) is 0 Å². The van der Waals surface area contributed by atoms with Gasteiger partial charge in [0.25, 0.3) is 5.91 Å². The summed E-state index contributed by atoms with van der Waals surface area (Å²) >= 11 is 0. The van der Waals surface area contributed by atoms with Crippen molar-refractivity contribution in [1.82, 2.24) is 15.1 Å². The molecule has 1 fully saturated rings. The minimum atomic E-state index is -0.240. The van der Waals surface area contributed by atoms with Crippen LogP contribution in [0.15, 0.2) is 18.2 Å². The molecule has 1 N–H and O–H groups in total. The second-order valence-corrected chi connectivity index (χ2v) is 6.30. The lowest BCUT2D eigenvalue weighted by atomic mass is 10.1. The molecule has 0 radical (unpaired) electrons. The maximum Gasteiger partial charge on any atom is 0.251 e. The van der Waals surface area contributed by atoms with Crippen LogP contribution in [0, 0.1) is 13.8 Å². The molecule has 0 saturated carbocycles. The van der Waals surface area contributed by atoms with Gasteiger partial charge in [0.2, 0.25) is 11.8 Å². The number of nitrogens with one attached hydrogen (secondary N) is 1. The second-order valence-electron chi connectivity index (χ2n) is 6.30. The number of benzene rings is 1. The van der Waals surface area contributed by atoms with Gasteiger partial charge in [0.05, 0.1) is 6.54 Å². The first kappa shape index (κ1) is 18.0. The minimum Gasteiger partial charge on any atom is -0.343 e. The van der Waals surface area contributed by atoms with E-state index in [1.165, 1.54) is 0 Å². The van der Waals surface area contributed by atoms with Gasteiger partial charge in [-0.2, -0.15) is 0 Å². The zero-order chi connectivity index (χ0) is 17.7. The molecule has 0 unspecified atom stereocenters. The Hall–Kier alpha value is -2.37. The highest BCUT2D eigenvalue weighted by molar-refractivity contribution is 5.96. The molecular weight excluding hydrogens is 306 g/mol. The molecule has 1 aliphatic heterocycles. The van der Waals surface area contributed by atoms with Gasteiger partial charge in [-0.05, 0) is 32.4 Å². The first-order valence-electron chi connectivity index (χ1n) is 8.26. The van der Waals surface area contributed by atoms with Gasteiger partial charge < -0.3 is 15.1 Å². The zero-order valence-corrected chi connectivity index (χ0v) is 14.6. The van der Waals surface area contributed by atoms with E-state index in [0.717, 1.165) is 17.5 Å². The summed E-state index contributed by atoms with van der Waals surface area (Å²) in [6.07, 6.45) is 0.760. The lowest BCUT2D eigenvalue weighted by Gasteiger charge is -2.21. The van der Waals surface area contributed by atoms with Gasteiger partial charge in [0.1, 0.15) is 0 Å². The van der Waals surface area contributed by atoms with Gasteiger partial charge in [-0.3, -0.25) is 14.4 Å². The number of nitrogens with zero attached hydrogens (tertiary/aromatic N) is 2. The van der Waals surface area contributed by atoms with Crippen LogP contribution in [0.25, 0.3) is 0 Å². The van der Waals surface area contributed by atoms with E-state index in [4.69, 9.17) is 0 Å². The largest absolute Gasteiger partial charge is 0.343 e. The molecular formula is C18H25N3O3. The Balaban J connectivity index is 1.88. The number of carbonyl (C=O) groups excluding carboxylic acids is 3. The van der Waals surface area contributed by atoms with Crippen molar-refractivity contribution in [3.8, 4) is 0 Å². The molecule has 3 amide bonds. The number of hydrogen-bond acceptors (Lipinski definition) is 3. The summed E-state index contributed by atoms with van der Waals surface area (Å²) < 4.78 is 0. The zero-order valence-electron chi connectivity index (χ0n) is 14.6. The van der Waals surface area contributed by atoms with Crippen LogP contribution in [-0.2, 0) is 9.59 Å². The molecule has 6 heteroatoms. The topological polar surface area (TPSA) is 69.7 Å². The lowest BCUT2D eigenvalue weighted by Crippen LogP contribution is -2.42. The third-order valence-electron chi connectivity index (χ3n) is 4.18. The SMILES string of the molecule is CC(=O)N1CCCN(C(=O)CNC(=O)c2cc(C)cc(C)c2)CC1. The van der Waals surface area contributed by atoms with Crippen molar-refractivity contribution in [3.63, 3.8) is 0 Å². The fourth-order valence-corrected chi connectivity index (χ4v) is 2.96. The molecule has 1 saturated heterocycles. The number of amides is 3. The molecule has 0 spiro atoms. The Kier molecular flexibility index (Phi) is 5.95. The average molecular weight is 331 g/mol. The molecule has 2 rings (SSSR count). The molecule has 0 bridgehead atoms. The summed E-state index contributed by atoms with van der Waals surface area (Å²) in [5.74, 6) is -0.319. The first-order valence-corrected chi connectivity index (χ1v) is 8.26. The van der Waals surface area contributed by atoms with Crippen LogP contribution < -0.4 is 5.32 Å². The lowest BCUT2D eigenvalue weighted by molar-refractivity contribution is -0.131. The Morgan fingerprint density at radius 3 is 2.17 bits per heavy atom. The van der Waals surface area contributed by atoms with Crippen LogP contribution in [0.1, 0.15) is 34.8 Å². The van der Waals surface area contributed by atoms with E-state index >= 15 is 0 Å². The van der Waals surface area contributed by atoms with Gasteiger partial charge in [-0.1, -0.05) is 17.2 Å². The van der Waals surface area contributed by atoms with Crippen molar-refractivity contribution in [2.24, 2.45) is 0 Å². The highest BCUT2D eigenvalue weighted by Gasteiger charge is 2.20. The third-order valence-corrected chi connectivity index (χ3v) is 4.18. The number of rotatable bonds is 3. The smallest absolute Gasteiger partial charge is 0.251 e. The maximum atomic E-state index is 12.3. The van der Waals surface area contributed by atoms with E-state index in [1.54, 1.807) is 16.7 Å². The van der Waals surface area contributed by atoms with E-state index in [0.29, 0.717) is 31.7 Å². The predicted octanol–water partition coefficient (Wildman–Crippen LogP) is 1.11. The van der Waals surface area contributed by atoms with Crippen LogP contribution >= 0.6 is 0 Å². The van der Waals surface area contributed by atoms with Crippen molar-refractivity contribution in [2.45, 2.75) is 27.2 Å². The Bertz CT molecular complexity index is 622. The van der Waals surface area contributed by atoms with E-state index in [-0.39, 0.29) is 24.3 Å². The normalized spacial score (nSPS) is 15.0. The van der Waals surface area contributed by atoms with Gasteiger partial charge in [0.15, 0.2) is 0 Å². The summed E-state index contributed by atoms with van der Waals surface area (Å²) in [7, 11) is 0. The summed E-state index contributed by atoms with van der Waals surface area (Å²) in [6, 6.07) is 5.62. The van der Waals surface area contributed by atoms with E-state index < -0.39 is 0 Å². The molecule has 0 atom stereocenters. The summed E-state index contributed by atoms with van der Waals surface area (Å²) in [5, 5.41) is 2.69. The van der Waals surface area contributed by atoms with Gasteiger partial charge in [-0.25, -0.2) is 0 Å². The van der Waals surface area contributed by atoms with E-state index in [1.807, 2.05) is 32.0 Å². The minimum absolute atomic E-state index is 0.0219. The third kappa shape index (κ3) is 4.81. The van der Waals surface area contributed by atoms with Crippen molar-refractivity contribution in [2.75, 3.05) is 32.7 Å². The summed E-state index contributed by atoms with van der Waals surface area (Å²) in [6.45, 7) is 7.74. The van der Waals surface area contributed by atoms with Crippen LogP contribution in [-0.4, -0.2) is 60.2 Å². The molecule has 0 aromatic heterocycles. The van der Waals surface area contributed by atoms with Crippen LogP contribution in [0.4, 0.5) is 0 Å². The molecule has 1 aromatic carbocycles. The fraction of sp³-hybridized carbons (Fsp3) is 0.500. The van der Waals surface area contributed by atoms with Crippen molar-refractivity contribution in [1.29, 1.82) is 0 Å². The Morgan fingerprint density at radius 2 is 1.54 bits per heavy atom. The molecule has 1 aromatic rings. The molecule has 6 nitrogen and oxygen atoms in total.